The van der Waals surface area contributed by atoms with Gasteiger partial charge in [0, 0.05) is 31.2 Å². The Hall–Kier alpha value is -2.08. The average Bonchev–Trinajstić information content (AvgIpc) is 2.93. The third kappa shape index (κ3) is 4.17. The Kier molecular flexibility index (Phi) is 5.85. The Balaban J connectivity index is 1.37. The maximum atomic E-state index is 13.1. The molecule has 0 radical (unpaired) electrons. The summed E-state index contributed by atoms with van der Waals surface area (Å²) in [5.74, 6) is -0.205. The number of anilines is 1. The van der Waals surface area contributed by atoms with Crippen LogP contribution in [0.1, 0.15) is 49.7 Å². The van der Waals surface area contributed by atoms with Crippen LogP contribution in [0.15, 0.2) is 18.2 Å². The lowest BCUT2D eigenvalue weighted by atomic mass is 9.83. The van der Waals surface area contributed by atoms with E-state index in [2.05, 4.69) is 28.4 Å². The molecule has 6 heteroatoms. The second kappa shape index (κ2) is 8.52. The molecule has 2 aliphatic heterocycles. The molecule has 0 aromatic heterocycles. The predicted molar refractivity (Wildman–Crippen MR) is 109 cm³/mol. The SMILES string of the molecule is O=C(O)CC[C@H]1CC[C@H](N2CCN(c3ccc4c(c3)CCNCC4)C2=O)CC1. The minimum absolute atomic E-state index is 0.140. The molecule has 2 N–H and O–H groups in total. The quantitative estimate of drug-likeness (QED) is 0.817. The third-order valence-corrected chi connectivity index (χ3v) is 6.71. The van der Waals surface area contributed by atoms with Crippen LogP contribution in [0.25, 0.3) is 0 Å². The average molecular weight is 386 g/mol. The Bertz CT molecular complexity index is 728. The van der Waals surface area contributed by atoms with Crippen molar-refractivity contribution in [2.45, 2.75) is 57.4 Å². The Morgan fingerprint density at radius 2 is 1.82 bits per heavy atom. The van der Waals surface area contributed by atoms with Crippen molar-refractivity contribution in [2.24, 2.45) is 5.92 Å². The monoisotopic (exact) mass is 385 g/mol. The van der Waals surface area contributed by atoms with Gasteiger partial charge in [0.25, 0.3) is 0 Å². The van der Waals surface area contributed by atoms with Crippen LogP contribution < -0.4 is 10.2 Å². The molecule has 1 aliphatic carbocycles. The van der Waals surface area contributed by atoms with Gasteiger partial charge in [-0.3, -0.25) is 9.69 Å². The van der Waals surface area contributed by atoms with E-state index in [9.17, 15) is 9.59 Å². The minimum atomic E-state index is -0.705. The van der Waals surface area contributed by atoms with Gasteiger partial charge in [0.05, 0.1) is 0 Å². The number of nitrogens with zero attached hydrogens (tertiary/aromatic N) is 2. The number of amides is 2. The smallest absolute Gasteiger partial charge is 0.324 e. The number of nitrogens with one attached hydrogen (secondary N) is 1. The topological polar surface area (TPSA) is 72.9 Å². The minimum Gasteiger partial charge on any atom is -0.481 e. The number of carboxylic acid groups (broad SMARTS) is 1. The van der Waals surface area contributed by atoms with Crippen LogP contribution in [0, 0.1) is 5.92 Å². The number of carboxylic acids is 1. The molecule has 6 nitrogen and oxygen atoms in total. The first-order chi connectivity index (χ1) is 13.6. The van der Waals surface area contributed by atoms with Crippen molar-refractivity contribution in [1.29, 1.82) is 0 Å². The number of fused-ring (bicyclic) bond motifs is 1. The van der Waals surface area contributed by atoms with Crippen LogP contribution in [-0.4, -0.2) is 54.2 Å². The number of aliphatic carboxylic acids is 1. The van der Waals surface area contributed by atoms with Gasteiger partial charge in [0.2, 0.25) is 0 Å². The molecule has 1 aromatic carbocycles. The summed E-state index contributed by atoms with van der Waals surface area (Å²) in [6, 6.07) is 6.96. The van der Waals surface area contributed by atoms with Gasteiger partial charge in [0.15, 0.2) is 0 Å². The number of carbonyl (C=O) groups is 2. The van der Waals surface area contributed by atoms with Gasteiger partial charge in [-0.1, -0.05) is 6.07 Å². The molecule has 28 heavy (non-hydrogen) atoms. The zero-order valence-corrected chi connectivity index (χ0v) is 16.5. The molecule has 152 valence electrons. The van der Waals surface area contributed by atoms with E-state index in [1.165, 1.54) is 11.1 Å². The summed E-state index contributed by atoms with van der Waals surface area (Å²) in [6.07, 6.45) is 7.18. The van der Waals surface area contributed by atoms with Gasteiger partial charge in [-0.2, -0.15) is 0 Å². The van der Waals surface area contributed by atoms with Crippen molar-refractivity contribution in [3.63, 3.8) is 0 Å². The first kappa shape index (κ1) is 19.2. The van der Waals surface area contributed by atoms with E-state index in [4.69, 9.17) is 5.11 Å². The highest BCUT2D eigenvalue weighted by molar-refractivity contribution is 5.94. The van der Waals surface area contributed by atoms with Gasteiger partial charge < -0.3 is 15.3 Å². The highest BCUT2D eigenvalue weighted by atomic mass is 16.4. The van der Waals surface area contributed by atoms with Crippen molar-refractivity contribution in [3.8, 4) is 0 Å². The molecular weight excluding hydrogens is 354 g/mol. The lowest BCUT2D eigenvalue weighted by Crippen LogP contribution is -2.41. The van der Waals surface area contributed by atoms with Crippen LogP contribution >= 0.6 is 0 Å². The number of carbonyl (C=O) groups excluding carboxylic acids is 1. The molecule has 0 bridgehead atoms. The third-order valence-electron chi connectivity index (χ3n) is 6.71. The number of urea groups is 1. The van der Waals surface area contributed by atoms with Crippen molar-refractivity contribution in [1.82, 2.24) is 10.2 Å². The maximum Gasteiger partial charge on any atom is 0.324 e. The summed E-state index contributed by atoms with van der Waals surface area (Å²) in [5, 5.41) is 12.3. The summed E-state index contributed by atoms with van der Waals surface area (Å²) < 4.78 is 0. The molecule has 0 unspecified atom stereocenters. The summed E-state index contributed by atoms with van der Waals surface area (Å²) in [7, 11) is 0. The van der Waals surface area contributed by atoms with Crippen LogP contribution in [0.5, 0.6) is 0 Å². The first-order valence-electron chi connectivity index (χ1n) is 10.7. The lowest BCUT2D eigenvalue weighted by Gasteiger charge is -2.34. The molecule has 1 saturated carbocycles. The van der Waals surface area contributed by atoms with Crippen LogP contribution in [0.3, 0.4) is 0 Å². The van der Waals surface area contributed by atoms with Gasteiger partial charge >= 0.3 is 12.0 Å². The van der Waals surface area contributed by atoms with Crippen LogP contribution in [0.2, 0.25) is 0 Å². The zero-order valence-electron chi connectivity index (χ0n) is 16.5. The lowest BCUT2D eigenvalue weighted by molar-refractivity contribution is -0.137. The van der Waals surface area contributed by atoms with Crippen LogP contribution in [-0.2, 0) is 17.6 Å². The van der Waals surface area contributed by atoms with Crippen molar-refractivity contribution in [3.05, 3.63) is 29.3 Å². The van der Waals surface area contributed by atoms with Crippen molar-refractivity contribution < 1.29 is 14.7 Å². The number of hydrogen-bond acceptors (Lipinski definition) is 3. The largest absolute Gasteiger partial charge is 0.481 e. The summed E-state index contributed by atoms with van der Waals surface area (Å²) >= 11 is 0. The van der Waals surface area contributed by atoms with Gasteiger partial charge in [-0.15, -0.1) is 0 Å². The molecule has 4 rings (SSSR count). The number of benzene rings is 1. The van der Waals surface area contributed by atoms with Crippen molar-refractivity contribution in [2.75, 3.05) is 31.1 Å². The van der Waals surface area contributed by atoms with Crippen LogP contribution in [0.4, 0.5) is 10.5 Å². The molecule has 2 amide bonds. The van der Waals surface area contributed by atoms with Gasteiger partial charge in [0.1, 0.15) is 0 Å². The van der Waals surface area contributed by atoms with Gasteiger partial charge in [-0.05, 0) is 87.2 Å². The van der Waals surface area contributed by atoms with E-state index in [0.29, 0.717) is 12.0 Å². The Morgan fingerprint density at radius 3 is 2.57 bits per heavy atom. The molecule has 0 spiro atoms. The molecule has 1 aromatic rings. The highest BCUT2D eigenvalue weighted by Gasteiger charge is 2.36. The fourth-order valence-electron chi connectivity index (χ4n) is 5.03. The molecule has 2 heterocycles. The van der Waals surface area contributed by atoms with E-state index < -0.39 is 5.97 Å². The van der Waals surface area contributed by atoms with E-state index in [-0.39, 0.29) is 12.5 Å². The number of hydrogen-bond donors (Lipinski definition) is 2. The van der Waals surface area contributed by atoms with E-state index >= 15 is 0 Å². The summed E-state index contributed by atoms with van der Waals surface area (Å²) in [4.78, 5) is 27.9. The molecule has 1 saturated heterocycles. The second-order valence-electron chi connectivity index (χ2n) is 8.44. The first-order valence-corrected chi connectivity index (χ1v) is 10.7. The molecule has 3 aliphatic rings. The Morgan fingerprint density at radius 1 is 1.07 bits per heavy atom. The van der Waals surface area contributed by atoms with E-state index in [1.54, 1.807) is 0 Å². The fourth-order valence-corrected chi connectivity index (χ4v) is 5.03. The standard InChI is InChI=1S/C22H31N3O3/c26-21(27)8-3-16-1-5-19(6-2-16)24-13-14-25(22(24)28)20-7-4-17-9-11-23-12-10-18(17)15-20/h4,7,15-16,19,23H,1-3,5-6,8-14H2,(H,26,27)/t16-,19-. The zero-order chi connectivity index (χ0) is 19.5. The summed E-state index contributed by atoms with van der Waals surface area (Å²) in [6.45, 7) is 3.58. The maximum absolute atomic E-state index is 13.1. The van der Waals surface area contributed by atoms with Crippen molar-refractivity contribution >= 4 is 17.7 Å². The Labute approximate surface area is 166 Å². The highest BCUT2D eigenvalue weighted by Crippen LogP contribution is 2.33. The number of rotatable bonds is 5. The predicted octanol–water partition coefficient (Wildman–Crippen LogP) is 3.04. The van der Waals surface area contributed by atoms with E-state index in [1.807, 2.05) is 4.90 Å². The van der Waals surface area contributed by atoms with E-state index in [0.717, 1.165) is 76.8 Å². The summed E-state index contributed by atoms with van der Waals surface area (Å²) in [5.41, 5.74) is 3.80. The normalized spacial score (nSPS) is 25.5. The molecule has 2 fully saturated rings. The second-order valence-corrected chi connectivity index (χ2v) is 8.44. The molecular formula is C22H31N3O3. The fraction of sp³-hybridized carbons (Fsp3) is 0.636. The van der Waals surface area contributed by atoms with Gasteiger partial charge in [-0.25, -0.2) is 4.79 Å². The molecule has 0 atom stereocenters.